The SMILES string of the molecule is CC1(C)COC2(CCCc3ncc(N)cc3CC2)OC1. The standard InChI is InChI=1S/C16H24N2O2/c1-15(2)10-19-16(20-11-15)6-3-4-14-12(5-7-16)8-13(17)9-18-14/h8-9H,3-7,10-11,17H2,1-2H3. The van der Waals surface area contributed by atoms with Crippen LogP contribution in [-0.2, 0) is 22.3 Å². The van der Waals surface area contributed by atoms with Gasteiger partial charge in [0.2, 0.25) is 0 Å². The summed E-state index contributed by atoms with van der Waals surface area (Å²) >= 11 is 0. The molecule has 1 aromatic rings. The van der Waals surface area contributed by atoms with Crippen LogP contribution in [0, 0.1) is 5.41 Å². The number of anilines is 1. The molecule has 1 aromatic heterocycles. The number of rotatable bonds is 0. The molecule has 1 saturated heterocycles. The van der Waals surface area contributed by atoms with Crippen molar-refractivity contribution in [1.82, 2.24) is 4.98 Å². The Labute approximate surface area is 120 Å². The van der Waals surface area contributed by atoms with Crippen LogP contribution in [0.15, 0.2) is 12.3 Å². The topological polar surface area (TPSA) is 57.4 Å². The van der Waals surface area contributed by atoms with Crippen LogP contribution >= 0.6 is 0 Å². The zero-order valence-electron chi connectivity index (χ0n) is 12.4. The summed E-state index contributed by atoms with van der Waals surface area (Å²) in [5.74, 6) is -0.391. The maximum atomic E-state index is 6.13. The van der Waals surface area contributed by atoms with Crippen LogP contribution in [-0.4, -0.2) is 24.0 Å². The molecule has 4 heteroatoms. The lowest BCUT2D eigenvalue weighted by Gasteiger charge is -2.44. The van der Waals surface area contributed by atoms with Crippen LogP contribution in [0.5, 0.6) is 0 Å². The molecule has 110 valence electrons. The van der Waals surface area contributed by atoms with Crippen LogP contribution in [0.1, 0.15) is 44.4 Å². The maximum absolute atomic E-state index is 6.13. The average Bonchev–Trinajstić information content (AvgIpc) is 2.39. The molecule has 1 aliphatic carbocycles. The highest BCUT2D eigenvalue weighted by atomic mass is 16.7. The third kappa shape index (κ3) is 2.81. The lowest BCUT2D eigenvalue weighted by Crippen LogP contribution is -2.48. The first-order valence-corrected chi connectivity index (χ1v) is 7.49. The lowest BCUT2D eigenvalue weighted by molar-refractivity contribution is -0.304. The Balaban J connectivity index is 1.76. The van der Waals surface area contributed by atoms with Crippen molar-refractivity contribution in [3.05, 3.63) is 23.5 Å². The van der Waals surface area contributed by atoms with E-state index in [1.165, 1.54) is 11.3 Å². The quantitative estimate of drug-likeness (QED) is 0.791. The summed E-state index contributed by atoms with van der Waals surface area (Å²) in [6.07, 6.45) is 6.55. The van der Waals surface area contributed by atoms with E-state index in [1.807, 2.05) is 6.07 Å². The van der Waals surface area contributed by atoms with Crippen LogP contribution < -0.4 is 5.73 Å². The van der Waals surface area contributed by atoms with E-state index < -0.39 is 5.79 Å². The van der Waals surface area contributed by atoms with Gasteiger partial charge in [0.25, 0.3) is 0 Å². The van der Waals surface area contributed by atoms with Crippen LogP contribution in [0.4, 0.5) is 5.69 Å². The summed E-state index contributed by atoms with van der Waals surface area (Å²) in [5.41, 5.74) is 9.15. The predicted molar refractivity (Wildman–Crippen MR) is 78.3 cm³/mol. The van der Waals surface area contributed by atoms with Gasteiger partial charge < -0.3 is 15.2 Å². The Kier molecular flexibility index (Phi) is 3.46. The minimum absolute atomic E-state index is 0.123. The summed E-state index contributed by atoms with van der Waals surface area (Å²) in [7, 11) is 0. The minimum Gasteiger partial charge on any atom is -0.397 e. The van der Waals surface area contributed by atoms with Crippen molar-refractivity contribution < 1.29 is 9.47 Å². The molecule has 1 spiro atoms. The van der Waals surface area contributed by atoms with Gasteiger partial charge in [-0.15, -0.1) is 0 Å². The molecule has 0 saturated carbocycles. The molecule has 0 bridgehead atoms. The van der Waals surface area contributed by atoms with Gasteiger partial charge in [-0.1, -0.05) is 13.8 Å². The Bertz CT molecular complexity index is 489. The Hall–Kier alpha value is -1.13. The highest BCUT2D eigenvalue weighted by Crippen LogP contribution is 2.37. The maximum Gasteiger partial charge on any atom is 0.168 e. The van der Waals surface area contributed by atoms with E-state index in [-0.39, 0.29) is 5.41 Å². The second-order valence-corrected chi connectivity index (χ2v) is 6.88. The predicted octanol–water partition coefficient (Wildman–Crippen LogP) is 2.70. The molecule has 3 rings (SSSR count). The van der Waals surface area contributed by atoms with Gasteiger partial charge >= 0.3 is 0 Å². The molecular formula is C16H24N2O2. The van der Waals surface area contributed by atoms with Crippen LogP contribution in [0.3, 0.4) is 0 Å². The van der Waals surface area contributed by atoms with E-state index in [0.29, 0.717) is 0 Å². The molecular weight excluding hydrogens is 252 g/mol. The number of ether oxygens (including phenoxy) is 2. The number of nitrogens with zero attached hydrogens (tertiary/aromatic N) is 1. The van der Waals surface area contributed by atoms with E-state index in [4.69, 9.17) is 15.2 Å². The highest BCUT2D eigenvalue weighted by molar-refractivity contribution is 5.40. The number of aryl methyl sites for hydroxylation is 2. The molecule has 2 aliphatic rings. The molecule has 20 heavy (non-hydrogen) atoms. The fraction of sp³-hybridized carbons (Fsp3) is 0.688. The first-order valence-electron chi connectivity index (χ1n) is 7.49. The molecule has 0 aromatic carbocycles. The number of nitrogen functional groups attached to an aromatic ring is 1. The fourth-order valence-corrected chi connectivity index (χ4v) is 3.00. The summed E-state index contributed by atoms with van der Waals surface area (Å²) < 4.78 is 12.3. The van der Waals surface area contributed by atoms with Crippen molar-refractivity contribution in [1.29, 1.82) is 0 Å². The smallest absolute Gasteiger partial charge is 0.168 e. The second-order valence-electron chi connectivity index (χ2n) is 6.88. The number of hydrogen-bond donors (Lipinski definition) is 1. The van der Waals surface area contributed by atoms with Crippen LogP contribution in [0.2, 0.25) is 0 Å². The molecule has 1 fully saturated rings. The van der Waals surface area contributed by atoms with Gasteiger partial charge in [-0.25, -0.2) is 0 Å². The van der Waals surface area contributed by atoms with Crippen molar-refractivity contribution in [2.45, 2.75) is 51.7 Å². The number of fused-ring (bicyclic) bond motifs is 1. The van der Waals surface area contributed by atoms with E-state index in [9.17, 15) is 0 Å². The number of pyridine rings is 1. The minimum atomic E-state index is -0.391. The van der Waals surface area contributed by atoms with E-state index in [1.54, 1.807) is 6.20 Å². The zero-order valence-corrected chi connectivity index (χ0v) is 12.4. The highest BCUT2D eigenvalue weighted by Gasteiger charge is 2.40. The summed E-state index contributed by atoms with van der Waals surface area (Å²) in [4.78, 5) is 4.47. The van der Waals surface area contributed by atoms with Crippen LogP contribution in [0.25, 0.3) is 0 Å². The van der Waals surface area contributed by atoms with Gasteiger partial charge in [0, 0.05) is 24.0 Å². The zero-order chi connectivity index (χ0) is 14.2. The van der Waals surface area contributed by atoms with Gasteiger partial charge in [0.05, 0.1) is 25.1 Å². The van der Waals surface area contributed by atoms with Gasteiger partial charge in [-0.2, -0.15) is 0 Å². The number of hydrogen-bond acceptors (Lipinski definition) is 4. The van der Waals surface area contributed by atoms with E-state index >= 15 is 0 Å². The molecule has 2 heterocycles. The van der Waals surface area contributed by atoms with Crippen molar-refractivity contribution in [2.75, 3.05) is 18.9 Å². The molecule has 4 nitrogen and oxygen atoms in total. The molecule has 0 radical (unpaired) electrons. The van der Waals surface area contributed by atoms with Gasteiger partial charge in [-0.05, 0) is 30.9 Å². The van der Waals surface area contributed by atoms with Gasteiger partial charge in [0.1, 0.15) is 0 Å². The van der Waals surface area contributed by atoms with Gasteiger partial charge in [0.15, 0.2) is 5.79 Å². The average molecular weight is 276 g/mol. The first-order chi connectivity index (χ1) is 9.48. The monoisotopic (exact) mass is 276 g/mol. The Morgan fingerprint density at radius 3 is 2.65 bits per heavy atom. The van der Waals surface area contributed by atoms with E-state index in [0.717, 1.165) is 51.0 Å². The Morgan fingerprint density at radius 1 is 1.15 bits per heavy atom. The largest absolute Gasteiger partial charge is 0.397 e. The molecule has 2 N–H and O–H groups in total. The summed E-state index contributed by atoms with van der Waals surface area (Å²) in [6.45, 7) is 5.91. The summed E-state index contributed by atoms with van der Waals surface area (Å²) in [6, 6.07) is 2.05. The molecule has 0 unspecified atom stereocenters. The summed E-state index contributed by atoms with van der Waals surface area (Å²) in [5, 5.41) is 0. The lowest BCUT2D eigenvalue weighted by atomic mass is 9.89. The number of aromatic nitrogens is 1. The number of nitrogens with two attached hydrogens (primary N) is 1. The van der Waals surface area contributed by atoms with Gasteiger partial charge in [-0.3, -0.25) is 4.98 Å². The third-order valence-corrected chi connectivity index (χ3v) is 4.28. The van der Waals surface area contributed by atoms with Crippen molar-refractivity contribution in [3.63, 3.8) is 0 Å². The fourth-order valence-electron chi connectivity index (χ4n) is 3.00. The second kappa shape index (κ2) is 5.01. The van der Waals surface area contributed by atoms with Crippen molar-refractivity contribution in [3.8, 4) is 0 Å². The van der Waals surface area contributed by atoms with Crippen molar-refractivity contribution >= 4 is 5.69 Å². The first kappa shape index (κ1) is 13.8. The van der Waals surface area contributed by atoms with E-state index in [2.05, 4.69) is 18.8 Å². The third-order valence-electron chi connectivity index (χ3n) is 4.28. The molecule has 1 aliphatic heterocycles. The molecule has 0 amide bonds. The van der Waals surface area contributed by atoms with Crippen molar-refractivity contribution in [2.24, 2.45) is 5.41 Å². The Morgan fingerprint density at radius 2 is 1.90 bits per heavy atom. The normalized spacial score (nSPS) is 24.7. The molecule has 0 atom stereocenters.